The maximum Gasteiger partial charge on any atom is 0.226 e. The van der Waals surface area contributed by atoms with Gasteiger partial charge in [-0.3, -0.25) is 0 Å². The Kier molecular flexibility index (Phi) is 2.66. The molecular formula is C15H10N2O2. The molecule has 0 N–H and O–H groups in total. The number of rotatable bonds is 2. The van der Waals surface area contributed by atoms with Crippen LogP contribution in [0.4, 0.5) is 0 Å². The summed E-state index contributed by atoms with van der Waals surface area (Å²) < 4.78 is 10.8. The molecule has 0 aliphatic carbocycles. The molecule has 0 amide bonds. The van der Waals surface area contributed by atoms with Gasteiger partial charge in [0.2, 0.25) is 5.71 Å². The lowest BCUT2D eigenvalue weighted by Crippen LogP contribution is -1.82. The zero-order valence-corrected chi connectivity index (χ0v) is 10.3. The van der Waals surface area contributed by atoms with E-state index in [1.165, 1.54) is 0 Å². The van der Waals surface area contributed by atoms with E-state index < -0.39 is 0 Å². The van der Waals surface area contributed by atoms with Crippen LogP contribution in [0.25, 0.3) is 22.4 Å². The van der Waals surface area contributed by atoms with E-state index in [1.54, 1.807) is 19.4 Å². The van der Waals surface area contributed by atoms with Gasteiger partial charge < -0.3 is 9.15 Å². The van der Waals surface area contributed by atoms with E-state index in [2.05, 4.69) is 11.1 Å². The van der Waals surface area contributed by atoms with Crippen LogP contribution in [0, 0.1) is 11.3 Å². The molecule has 0 aliphatic rings. The number of pyridine rings is 1. The van der Waals surface area contributed by atoms with Crippen molar-refractivity contribution in [3.05, 3.63) is 48.2 Å². The molecule has 3 aromatic rings. The lowest BCUT2D eigenvalue weighted by Gasteiger charge is -1.97. The third-order valence-corrected chi connectivity index (χ3v) is 2.90. The minimum absolute atomic E-state index is 0.531. The fourth-order valence-electron chi connectivity index (χ4n) is 1.95. The van der Waals surface area contributed by atoms with Gasteiger partial charge in [0.05, 0.1) is 24.9 Å². The number of nitriles is 1. The van der Waals surface area contributed by atoms with Crippen molar-refractivity contribution in [2.45, 2.75) is 0 Å². The first-order valence-electron chi connectivity index (χ1n) is 5.75. The summed E-state index contributed by atoms with van der Waals surface area (Å²) in [6, 6.07) is 13.2. The van der Waals surface area contributed by atoms with E-state index in [0.29, 0.717) is 22.8 Å². The van der Waals surface area contributed by atoms with E-state index in [9.17, 15) is 0 Å². The molecule has 3 rings (SSSR count). The Morgan fingerprint density at radius 1 is 1.26 bits per heavy atom. The number of benzene rings is 1. The van der Waals surface area contributed by atoms with Gasteiger partial charge in [-0.05, 0) is 24.3 Å². The number of hydrogen-bond donors (Lipinski definition) is 0. The van der Waals surface area contributed by atoms with Crippen molar-refractivity contribution in [3.63, 3.8) is 0 Å². The quantitative estimate of drug-likeness (QED) is 0.699. The van der Waals surface area contributed by atoms with Gasteiger partial charge in [0, 0.05) is 10.9 Å². The number of furan rings is 1. The Balaban J connectivity index is 2.18. The third kappa shape index (κ3) is 1.91. The highest BCUT2D eigenvalue weighted by molar-refractivity contribution is 5.82. The molecular weight excluding hydrogens is 240 g/mol. The predicted octanol–water partition coefficient (Wildman–Crippen LogP) is 3.38. The van der Waals surface area contributed by atoms with Crippen LogP contribution in [0.2, 0.25) is 0 Å². The summed E-state index contributed by atoms with van der Waals surface area (Å²) in [4.78, 5) is 4.18. The van der Waals surface area contributed by atoms with E-state index in [1.807, 2.05) is 30.3 Å². The highest BCUT2D eigenvalue weighted by atomic mass is 16.5. The lowest BCUT2D eigenvalue weighted by atomic mass is 10.1. The van der Waals surface area contributed by atoms with Gasteiger partial charge in [0.15, 0.2) is 0 Å². The molecule has 92 valence electrons. The van der Waals surface area contributed by atoms with E-state index in [-0.39, 0.29) is 0 Å². The Bertz CT molecular complexity index is 784. The molecule has 0 aliphatic heterocycles. The molecule has 0 radical (unpaired) electrons. The van der Waals surface area contributed by atoms with Crippen molar-refractivity contribution < 1.29 is 9.15 Å². The summed E-state index contributed by atoms with van der Waals surface area (Å²) >= 11 is 0. The molecule has 0 saturated carbocycles. The average Bonchev–Trinajstić information content (AvgIpc) is 2.89. The minimum Gasteiger partial charge on any atom is -0.495 e. The lowest BCUT2D eigenvalue weighted by molar-refractivity contribution is 0.413. The first-order valence-corrected chi connectivity index (χ1v) is 5.75. The SMILES string of the molecule is COc1cnc2oc(-c3ccccc3C#N)cc2c1. The standard InChI is InChI=1S/C15H10N2O2/c1-18-12-6-11-7-14(19-15(11)17-9-12)13-5-3-2-4-10(13)8-16/h2-7,9H,1H3. The predicted molar refractivity (Wildman–Crippen MR) is 70.7 cm³/mol. The molecule has 2 heterocycles. The van der Waals surface area contributed by atoms with Crippen molar-refractivity contribution in [3.8, 4) is 23.1 Å². The summed E-state index contributed by atoms with van der Waals surface area (Å²) in [5.41, 5.74) is 1.87. The summed E-state index contributed by atoms with van der Waals surface area (Å²) in [5, 5.41) is 9.96. The molecule has 4 heteroatoms. The van der Waals surface area contributed by atoms with E-state index >= 15 is 0 Å². The Morgan fingerprint density at radius 3 is 2.89 bits per heavy atom. The van der Waals surface area contributed by atoms with Crippen LogP contribution >= 0.6 is 0 Å². The molecule has 19 heavy (non-hydrogen) atoms. The Hall–Kier alpha value is -2.80. The fourth-order valence-corrected chi connectivity index (χ4v) is 1.95. The second kappa shape index (κ2) is 4.46. The number of fused-ring (bicyclic) bond motifs is 1. The second-order valence-electron chi connectivity index (χ2n) is 4.04. The molecule has 0 bridgehead atoms. The summed E-state index contributed by atoms with van der Waals surface area (Å²) in [6.07, 6.45) is 1.60. The van der Waals surface area contributed by atoms with Gasteiger partial charge in [-0.25, -0.2) is 4.98 Å². The minimum atomic E-state index is 0.531. The van der Waals surface area contributed by atoms with Gasteiger partial charge in [-0.2, -0.15) is 5.26 Å². The van der Waals surface area contributed by atoms with E-state index in [0.717, 1.165) is 10.9 Å². The molecule has 0 saturated heterocycles. The number of hydrogen-bond acceptors (Lipinski definition) is 4. The normalized spacial score (nSPS) is 10.3. The van der Waals surface area contributed by atoms with Crippen molar-refractivity contribution in [1.82, 2.24) is 4.98 Å². The third-order valence-electron chi connectivity index (χ3n) is 2.90. The molecule has 1 aromatic carbocycles. The van der Waals surface area contributed by atoms with Crippen LogP contribution in [0.5, 0.6) is 5.75 Å². The maximum absolute atomic E-state index is 9.11. The Morgan fingerprint density at radius 2 is 2.11 bits per heavy atom. The van der Waals surface area contributed by atoms with Crippen molar-refractivity contribution in [2.24, 2.45) is 0 Å². The van der Waals surface area contributed by atoms with Crippen molar-refractivity contribution >= 4 is 11.1 Å². The van der Waals surface area contributed by atoms with E-state index in [4.69, 9.17) is 14.4 Å². The second-order valence-corrected chi connectivity index (χ2v) is 4.04. The number of aromatic nitrogens is 1. The number of ether oxygens (including phenoxy) is 1. The molecule has 0 unspecified atom stereocenters. The van der Waals surface area contributed by atoms with Crippen LogP contribution in [-0.4, -0.2) is 12.1 Å². The molecule has 4 nitrogen and oxygen atoms in total. The first-order chi connectivity index (χ1) is 9.31. The van der Waals surface area contributed by atoms with Gasteiger partial charge in [-0.1, -0.05) is 12.1 Å². The van der Waals surface area contributed by atoms with Gasteiger partial charge in [0.1, 0.15) is 11.5 Å². The maximum atomic E-state index is 9.11. The Labute approximate surface area is 109 Å². The van der Waals surface area contributed by atoms with Gasteiger partial charge >= 0.3 is 0 Å². The molecule has 0 atom stereocenters. The highest BCUT2D eigenvalue weighted by Gasteiger charge is 2.11. The summed E-state index contributed by atoms with van der Waals surface area (Å²) in [5.74, 6) is 1.31. The monoisotopic (exact) mass is 250 g/mol. The van der Waals surface area contributed by atoms with Crippen LogP contribution < -0.4 is 4.74 Å². The zero-order valence-electron chi connectivity index (χ0n) is 10.3. The number of nitrogens with zero attached hydrogens (tertiary/aromatic N) is 2. The van der Waals surface area contributed by atoms with Crippen molar-refractivity contribution in [2.75, 3.05) is 7.11 Å². The van der Waals surface area contributed by atoms with Crippen molar-refractivity contribution in [1.29, 1.82) is 5.26 Å². The van der Waals surface area contributed by atoms with Gasteiger partial charge in [-0.15, -0.1) is 0 Å². The zero-order chi connectivity index (χ0) is 13.2. The molecule has 0 fully saturated rings. The fraction of sp³-hybridized carbons (Fsp3) is 0.0667. The smallest absolute Gasteiger partial charge is 0.226 e. The summed E-state index contributed by atoms with van der Waals surface area (Å²) in [6.45, 7) is 0. The van der Waals surface area contributed by atoms with Crippen LogP contribution in [0.3, 0.4) is 0 Å². The van der Waals surface area contributed by atoms with Crippen LogP contribution in [0.1, 0.15) is 5.56 Å². The average molecular weight is 250 g/mol. The van der Waals surface area contributed by atoms with Crippen LogP contribution in [-0.2, 0) is 0 Å². The van der Waals surface area contributed by atoms with Crippen LogP contribution in [0.15, 0.2) is 47.0 Å². The first kappa shape index (κ1) is 11.3. The number of methoxy groups -OCH3 is 1. The topological polar surface area (TPSA) is 59.1 Å². The van der Waals surface area contributed by atoms with Gasteiger partial charge in [0.25, 0.3) is 0 Å². The molecule has 2 aromatic heterocycles. The highest BCUT2D eigenvalue weighted by Crippen LogP contribution is 2.30. The largest absolute Gasteiger partial charge is 0.495 e. The summed E-state index contributed by atoms with van der Waals surface area (Å²) in [7, 11) is 1.59. The molecule has 0 spiro atoms.